The van der Waals surface area contributed by atoms with Gasteiger partial charge in [0.05, 0.1) is 21.3 Å². The summed E-state index contributed by atoms with van der Waals surface area (Å²) >= 11 is 0. The van der Waals surface area contributed by atoms with Crippen molar-refractivity contribution in [3.05, 3.63) is 34.9 Å². The maximum absolute atomic E-state index is 13.1. The van der Waals surface area contributed by atoms with Crippen molar-refractivity contribution in [3.63, 3.8) is 0 Å². The van der Waals surface area contributed by atoms with Crippen molar-refractivity contribution in [2.45, 2.75) is 46.8 Å². The number of carbonyl (C=O) groups excluding carboxylic acids is 2. The highest BCUT2D eigenvalue weighted by atomic mass is 16.7. The number of hydrogen-bond donors (Lipinski definition) is 1. The molecule has 2 aromatic carbocycles. The number of phenolic OH excluding ortho intramolecular Hbond substituents is 1. The summed E-state index contributed by atoms with van der Waals surface area (Å²) in [5, 5.41) is 11.6. The topological polar surface area (TPSA) is 119 Å². The zero-order valence-electron chi connectivity index (χ0n) is 23.4. The average Bonchev–Trinajstić information content (AvgIpc) is 3.40. The molecular weight excluding hydrogens is 508 g/mol. The van der Waals surface area contributed by atoms with Gasteiger partial charge in [0.1, 0.15) is 12.2 Å². The van der Waals surface area contributed by atoms with E-state index in [9.17, 15) is 14.7 Å². The van der Waals surface area contributed by atoms with Gasteiger partial charge in [0.15, 0.2) is 23.0 Å². The third-order valence-corrected chi connectivity index (χ3v) is 7.46. The highest BCUT2D eigenvalue weighted by Crippen LogP contribution is 2.60. The van der Waals surface area contributed by atoms with Crippen LogP contribution in [0.4, 0.5) is 0 Å². The number of fused-ring (bicyclic) bond motifs is 4. The molecule has 10 nitrogen and oxygen atoms in total. The summed E-state index contributed by atoms with van der Waals surface area (Å²) in [6.07, 6.45) is -0.0381. The van der Waals surface area contributed by atoms with Crippen LogP contribution in [0.3, 0.4) is 0 Å². The largest absolute Gasteiger partial charge is 0.504 e. The first-order valence-electron chi connectivity index (χ1n) is 12.6. The molecule has 4 atom stereocenters. The van der Waals surface area contributed by atoms with Gasteiger partial charge in [-0.05, 0) is 26.0 Å². The lowest BCUT2D eigenvalue weighted by Crippen LogP contribution is -2.31. The quantitative estimate of drug-likeness (QED) is 0.383. The minimum atomic E-state index is -0.859. The van der Waals surface area contributed by atoms with Crippen molar-refractivity contribution >= 4 is 11.9 Å². The van der Waals surface area contributed by atoms with Crippen LogP contribution >= 0.6 is 0 Å². The molecule has 210 valence electrons. The molecule has 2 aliphatic rings. The van der Waals surface area contributed by atoms with Crippen molar-refractivity contribution in [3.8, 4) is 45.6 Å². The molecule has 0 fully saturated rings. The van der Waals surface area contributed by atoms with Crippen LogP contribution in [0.25, 0.3) is 11.1 Å². The molecule has 0 saturated carbocycles. The Kier molecular flexibility index (Phi) is 7.85. The maximum atomic E-state index is 13.1. The molecule has 0 unspecified atom stereocenters. The minimum absolute atomic E-state index is 0.0885. The van der Waals surface area contributed by atoms with E-state index in [0.29, 0.717) is 33.8 Å². The fraction of sp³-hybridized carbons (Fsp3) is 0.448. The average molecular weight is 543 g/mol. The van der Waals surface area contributed by atoms with Crippen molar-refractivity contribution in [1.29, 1.82) is 0 Å². The zero-order chi connectivity index (χ0) is 28.6. The Morgan fingerprint density at radius 3 is 2.08 bits per heavy atom. The molecule has 1 aliphatic carbocycles. The zero-order valence-corrected chi connectivity index (χ0v) is 23.4. The van der Waals surface area contributed by atoms with Crippen molar-refractivity contribution in [2.24, 2.45) is 11.8 Å². The Bertz CT molecular complexity index is 1330. The third-order valence-electron chi connectivity index (χ3n) is 7.46. The van der Waals surface area contributed by atoms with E-state index in [1.807, 2.05) is 13.8 Å². The number of hydrogen-bond acceptors (Lipinski definition) is 10. The highest BCUT2D eigenvalue weighted by molar-refractivity contribution is 5.90. The fourth-order valence-electron chi connectivity index (χ4n) is 5.15. The van der Waals surface area contributed by atoms with Crippen LogP contribution < -0.4 is 23.7 Å². The Labute approximate surface area is 227 Å². The number of benzene rings is 2. The molecule has 0 radical (unpaired) electrons. The van der Waals surface area contributed by atoms with Crippen LogP contribution in [0.5, 0.6) is 34.5 Å². The SMILES string of the molecule is C/C=C(/C)C(=O)O[C@H]1c2cc(OC)c(OC)c(OC)c2-c2c(cc3c(c2O)OCO3)[C@H](OC(C)=O)[C@H](C)[C@@H]1C. The van der Waals surface area contributed by atoms with Gasteiger partial charge in [-0.3, -0.25) is 4.79 Å². The van der Waals surface area contributed by atoms with E-state index >= 15 is 0 Å². The number of rotatable bonds is 6. The smallest absolute Gasteiger partial charge is 0.333 e. The van der Waals surface area contributed by atoms with Crippen LogP contribution in [0, 0.1) is 11.8 Å². The molecule has 0 aromatic heterocycles. The fourth-order valence-corrected chi connectivity index (χ4v) is 5.15. The number of esters is 2. The first-order chi connectivity index (χ1) is 18.6. The molecule has 0 amide bonds. The van der Waals surface area contributed by atoms with Crippen LogP contribution in [-0.4, -0.2) is 45.2 Å². The van der Waals surface area contributed by atoms with Gasteiger partial charge in [-0.25, -0.2) is 4.79 Å². The van der Waals surface area contributed by atoms with E-state index < -0.39 is 24.1 Å². The summed E-state index contributed by atoms with van der Waals surface area (Å²) in [6, 6.07) is 3.41. The monoisotopic (exact) mass is 542 g/mol. The Morgan fingerprint density at radius 1 is 0.897 bits per heavy atom. The van der Waals surface area contributed by atoms with Gasteiger partial charge in [0, 0.05) is 46.6 Å². The molecule has 0 bridgehead atoms. The lowest BCUT2D eigenvalue weighted by molar-refractivity contribution is -0.157. The second-order valence-electron chi connectivity index (χ2n) is 9.58. The summed E-state index contributed by atoms with van der Waals surface area (Å²) in [4.78, 5) is 25.4. The number of ether oxygens (including phenoxy) is 7. The van der Waals surface area contributed by atoms with Gasteiger partial charge in [0.25, 0.3) is 0 Å². The summed E-state index contributed by atoms with van der Waals surface area (Å²) in [6.45, 7) is 8.45. The predicted octanol–water partition coefficient (Wildman–Crippen LogP) is 5.25. The van der Waals surface area contributed by atoms with E-state index in [0.717, 1.165) is 0 Å². The van der Waals surface area contributed by atoms with Gasteiger partial charge in [-0.15, -0.1) is 0 Å². The predicted molar refractivity (Wildman–Crippen MR) is 140 cm³/mol. The van der Waals surface area contributed by atoms with Crippen molar-refractivity contribution in [2.75, 3.05) is 28.1 Å². The number of allylic oxidation sites excluding steroid dienone is 1. The molecule has 1 aliphatic heterocycles. The maximum Gasteiger partial charge on any atom is 0.333 e. The van der Waals surface area contributed by atoms with Gasteiger partial charge in [-0.1, -0.05) is 19.9 Å². The molecule has 10 heteroatoms. The number of carbonyl (C=O) groups is 2. The summed E-state index contributed by atoms with van der Waals surface area (Å²) in [5.74, 6) is -0.739. The number of phenols is 1. The lowest BCUT2D eigenvalue weighted by atomic mass is 9.74. The van der Waals surface area contributed by atoms with Crippen LogP contribution in [0.15, 0.2) is 23.8 Å². The summed E-state index contributed by atoms with van der Waals surface area (Å²) < 4.78 is 40.3. The minimum Gasteiger partial charge on any atom is -0.504 e. The third kappa shape index (κ3) is 4.68. The molecule has 4 rings (SSSR count). The highest BCUT2D eigenvalue weighted by Gasteiger charge is 2.44. The second-order valence-corrected chi connectivity index (χ2v) is 9.58. The van der Waals surface area contributed by atoms with Crippen molar-refractivity contribution in [1.82, 2.24) is 0 Å². The molecule has 0 saturated heterocycles. The van der Waals surface area contributed by atoms with Gasteiger partial charge >= 0.3 is 11.9 Å². The van der Waals surface area contributed by atoms with E-state index in [2.05, 4.69) is 0 Å². The molecule has 2 aromatic rings. The van der Waals surface area contributed by atoms with E-state index in [-0.39, 0.29) is 47.2 Å². The molecule has 0 spiro atoms. The summed E-state index contributed by atoms with van der Waals surface area (Å²) in [5.41, 5.74) is 2.08. The van der Waals surface area contributed by atoms with Crippen molar-refractivity contribution < 1.29 is 47.9 Å². The van der Waals surface area contributed by atoms with Gasteiger partial charge in [0.2, 0.25) is 18.3 Å². The normalized spacial score (nSPS) is 21.6. The second kappa shape index (κ2) is 11.0. The number of aromatic hydroxyl groups is 1. The molecule has 1 heterocycles. The standard InChI is InChI=1S/C29H34O10/c1-9-13(2)29(32)39-25-15(4)14(3)24(38-16(5)30)17-11-20-26(37-12-36-20)23(31)21(17)22-18(25)10-19(33-6)27(34-7)28(22)35-8/h9-11,14-15,24-25,31H,12H2,1-8H3/b13-9-/t14-,15+,24-,25-/m1/s1. The molecule has 1 N–H and O–H groups in total. The van der Waals surface area contributed by atoms with E-state index in [1.165, 1.54) is 28.3 Å². The molecular formula is C29H34O10. The van der Waals surface area contributed by atoms with Gasteiger partial charge < -0.3 is 38.3 Å². The van der Waals surface area contributed by atoms with Crippen LogP contribution in [0.2, 0.25) is 0 Å². The van der Waals surface area contributed by atoms with Gasteiger partial charge in [-0.2, -0.15) is 0 Å². The first-order valence-corrected chi connectivity index (χ1v) is 12.6. The Hall–Kier alpha value is -4.08. The first kappa shape index (κ1) is 27.9. The van der Waals surface area contributed by atoms with E-state index in [1.54, 1.807) is 32.1 Å². The van der Waals surface area contributed by atoms with Crippen LogP contribution in [-0.2, 0) is 19.1 Å². The lowest BCUT2D eigenvalue weighted by Gasteiger charge is -2.38. The Morgan fingerprint density at radius 2 is 1.51 bits per heavy atom. The Balaban J connectivity index is 2.18. The summed E-state index contributed by atoms with van der Waals surface area (Å²) in [7, 11) is 4.42. The number of methoxy groups -OCH3 is 3. The van der Waals surface area contributed by atoms with E-state index in [4.69, 9.17) is 33.2 Å². The van der Waals surface area contributed by atoms with Crippen LogP contribution in [0.1, 0.15) is 58.0 Å². The molecule has 39 heavy (non-hydrogen) atoms.